The Bertz CT molecular complexity index is 615. The third kappa shape index (κ3) is 2.59. The van der Waals surface area contributed by atoms with Crippen LogP contribution in [0.1, 0.15) is 5.56 Å². The van der Waals surface area contributed by atoms with Crippen molar-refractivity contribution in [3.05, 3.63) is 47.5 Å². The van der Waals surface area contributed by atoms with Gasteiger partial charge in [-0.2, -0.15) is 0 Å². The van der Waals surface area contributed by atoms with Crippen LogP contribution in [-0.2, 0) is 0 Å². The SMILES string of the molecule is COc1cc(Oc2cccc(C)c2F)c(F)cc1N. The summed E-state index contributed by atoms with van der Waals surface area (Å²) in [6.07, 6.45) is 0. The van der Waals surface area contributed by atoms with E-state index in [0.29, 0.717) is 5.56 Å². The first-order valence-electron chi connectivity index (χ1n) is 5.59. The zero-order valence-electron chi connectivity index (χ0n) is 10.5. The van der Waals surface area contributed by atoms with Crippen molar-refractivity contribution in [2.45, 2.75) is 6.92 Å². The highest BCUT2D eigenvalue weighted by Gasteiger charge is 2.13. The molecule has 0 unspecified atom stereocenters. The van der Waals surface area contributed by atoms with Crippen LogP contribution in [0.25, 0.3) is 0 Å². The van der Waals surface area contributed by atoms with Crippen molar-refractivity contribution in [1.29, 1.82) is 0 Å². The van der Waals surface area contributed by atoms with Gasteiger partial charge >= 0.3 is 0 Å². The maximum Gasteiger partial charge on any atom is 0.168 e. The van der Waals surface area contributed by atoms with E-state index >= 15 is 0 Å². The highest BCUT2D eigenvalue weighted by molar-refractivity contribution is 5.56. The van der Waals surface area contributed by atoms with Gasteiger partial charge in [0.1, 0.15) is 5.75 Å². The summed E-state index contributed by atoms with van der Waals surface area (Å²) in [6, 6.07) is 7.00. The summed E-state index contributed by atoms with van der Waals surface area (Å²) in [5, 5.41) is 0. The second kappa shape index (κ2) is 5.14. The summed E-state index contributed by atoms with van der Waals surface area (Å²) in [6.45, 7) is 1.60. The van der Waals surface area contributed by atoms with E-state index < -0.39 is 11.6 Å². The number of rotatable bonds is 3. The molecule has 2 rings (SSSR count). The monoisotopic (exact) mass is 265 g/mol. The molecule has 100 valence electrons. The van der Waals surface area contributed by atoms with Crippen LogP contribution in [0, 0.1) is 18.6 Å². The fourth-order valence-electron chi connectivity index (χ4n) is 1.62. The summed E-state index contributed by atoms with van der Waals surface area (Å²) in [7, 11) is 1.40. The van der Waals surface area contributed by atoms with Crippen molar-refractivity contribution in [2.75, 3.05) is 12.8 Å². The van der Waals surface area contributed by atoms with Crippen molar-refractivity contribution in [3.63, 3.8) is 0 Å². The first-order valence-corrected chi connectivity index (χ1v) is 5.59. The first-order chi connectivity index (χ1) is 9.02. The third-order valence-corrected chi connectivity index (χ3v) is 2.66. The molecule has 0 fully saturated rings. The molecule has 2 aromatic rings. The Morgan fingerprint density at radius 2 is 1.79 bits per heavy atom. The molecule has 0 aliphatic rings. The molecule has 0 bridgehead atoms. The van der Waals surface area contributed by atoms with Crippen LogP contribution in [0.2, 0.25) is 0 Å². The Labute approximate surface area is 109 Å². The van der Waals surface area contributed by atoms with E-state index in [1.807, 2.05) is 0 Å². The van der Waals surface area contributed by atoms with Gasteiger partial charge in [0.25, 0.3) is 0 Å². The molecular weight excluding hydrogens is 252 g/mol. The van der Waals surface area contributed by atoms with Gasteiger partial charge in [-0.3, -0.25) is 0 Å². The van der Waals surface area contributed by atoms with Crippen molar-refractivity contribution >= 4 is 5.69 Å². The molecule has 0 radical (unpaired) electrons. The molecule has 0 aliphatic carbocycles. The summed E-state index contributed by atoms with van der Waals surface area (Å²) in [5.41, 5.74) is 6.12. The van der Waals surface area contributed by atoms with Gasteiger partial charge in [0, 0.05) is 12.1 Å². The number of methoxy groups -OCH3 is 1. The van der Waals surface area contributed by atoms with Crippen LogP contribution in [0.15, 0.2) is 30.3 Å². The van der Waals surface area contributed by atoms with E-state index in [0.717, 1.165) is 6.07 Å². The molecule has 2 N–H and O–H groups in total. The number of hydrogen-bond donors (Lipinski definition) is 1. The van der Waals surface area contributed by atoms with E-state index in [1.54, 1.807) is 19.1 Å². The molecule has 19 heavy (non-hydrogen) atoms. The van der Waals surface area contributed by atoms with Crippen LogP contribution >= 0.6 is 0 Å². The van der Waals surface area contributed by atoms with E-state index in [-0.39, 0.29) is 22.9 Å². The molecule has 2 aromatic carbocycles. The molecular formula is C14H13F2NO2. The average molecular weight is 265 g/mol. The number of nitrogens with two attached hydrogens (primary N) is 1. The normalized spacial score (nSPS) is 10.3. The van der Waals surface area contributed by atoms with Gasteiger partial charge in [0.2, 0.25) is 0 Å². The number of benzene rings is 2. The lowest BCUT2D eigenvalue weighted by Crippen LogP contribution is -1.97. The molecule has 0 aliphatic heterocycles. The van der Waals surface area contributed by atoms with Gasteiger partial charge in [-0.1, -0.05) is 12.1 Å². The summed E-state index contributed by atoms with van der Waals surface area (Å²) < 4.78 is 37.7. The molecule has 0 saturated carbocycles. The Morgan fingerprint density at radius 3 is 2.47 bits per heavy atom. The fraction of sp³-hybridized carbons (Fsp3) is 0.143. The summed E-state index contributed by atoms with van der Waals surface area (Å²) >= 11 is 0. The highest BCUT2D eigenvalue weighted by Crippen LogP contribution is 2.34. The Balaban J connectivity index is 2.41. The van der Waals surface area contributed by atoms with Gasteiger partial charge in [0.15, 0.2) is 23.1 Å². The third-order valence-electron chi connectivity index (χ3n) is 2.66. The molecule has 0 heterocycles. The first kappa shape index (κ1) is 13.1. The van der Waals surface area contributed by atoms with Crippen LogP contribution in [0.3, 0.4) is 0 Å². The minimum atomic E-state index is -0.681. The number of halogens is 2. The standard InChI is InChI=1S/C14H13F2NO2/c1-8-4-3-5-11(14(8)16)19-12-7-13(18-2)10(17)6-9(12)15/h3-7H,17H2,1-2H3. The fourth-order valence-corrected chi connectivity index (χ4v) is 1.62. The predicted molar refractivity (Wildman–Crippen MR) is 68.6 cm³/mol. The topological polar surface area (TPSA) is 44.5 Å². The molecule has 3 nitrogen and oxygen atoms in total. The Kier molecular flexibility index (Phi) is 3.55. The lowest BCUT2D eigenvalue weighted by molar-refractivity contribution is 0.393. The second-order valence-corrected chi connectivity index (χ2v) is 4.01. The lowest BCUT2D eigenvalue weighted by Gasteiger charge is -2.11. The molecule has 0 amide bonds. The molecule has 0 aromatic heterocycles. The lowest BCUT2D eigenvalue weighted by atomic mass is 10.2. The molecule has 0 spiro atoms. The number of nitrogen functional groups attached to an aromatic ring is 1. The Morgan fingerprint density at radius 1 is 1.05 bits per heavy atom. The smallest absolute Gasteiger partial charge is 0.168 e. The van der Waals surface area contributed by atoms with Gasteiger partial charge in [0.05, 0.1) is 12.8 Å². The zero-order chi connectivity index (χ0) is 14.0. The summed E-state index contributed by atoms with van der Waals surface area (Å²) in [4.78, 5) is 0. The van der Waals surface area contributed by atoms with Crippen LogP contribution in [-0.4, -0.2) is 7.11 Å². The summed E-state index contributed by atoms with van der Waals surface area (Å²) in [5.74, 6) is -1.14. The highest BCUT2D eigenvalue weighted by atomic mass is 19.1. The molecule has 0 saturated heterocycles. The van der Waals surface area contributed by atoms with Crippen LogP contribution in [0.5, 0.6) is 17.2 Å². The van der Waals surface area contributed by atoms with Gasteiger partial charge in [-0.25, -0.2) is 8.78 Å². The quantitative estimate of drug-likeness (QED) is 0.861. The zero-order valence-corrected chi connectivity index (χ0v) is 10.5. The number of hydrogen-bond acceptors (Lipinski definition) is 3. The van der Waals surface area contributed by atoms with Crippen molar-refractivity contribution in [3.8, 4) is 17.2 Å². The number of aryl methyl sites for hydroxylation is 1. The maximum atomic E-state index is 13.8. The van der Waals surface area contributed by atoms with Crippen molar-refractivity contribution in [1.82, 2.24) is 0 Å². The minimum Gasteiger partial charge on any atom is -0.494 e. The van der Waals surface area contributed by atoms with E-state index in [9.17, 15) is 8.78 Å². The number of anilines is 1. The van der Waals surface area contributed by atoms with Gasteiger partial charge in [-0.05, 0) is 18.6 Å². The van der Waals surface area contributed by atoms with Crippen LogP contribution in [0.4, 0.5) is 14.5 Å². The van der Waals surface area contributed by atoms with Gasteiger partial charge < -0.3 is 15.2 Å². The Hall–Kier alpha value is -2.30. The van der Waals surface area contributed by atoms with Gasteiger partial charge in [-0.15, -0.1) is 0 Å². The van der Waals surface area contributed by atoms with E-state index in [2.05, 4.69) is 0 Å². The van der Waals surface area contributed by atoms with E-state index in [1.165, 1.54) is 19.2 Å². The molecule has 0 atom stereocenters. The largest absolute Gasteiger partial charge is 0.494 e. The van der Waals surface area contributed by atoms with Crippen LogP contribution < -0.4 is 15.2 Å². The maximum absolute atomic E-state index is 13.8. The van der Waals surface area contributed by atoms with E-state index in [4.69, 9.17) is 15.2 Å². The second-order valence-electron chi connectivity index (χ2n) is 4.01. The average Bonchev–Trinajstić information content (AvgIpc) is 2.38. The molecule has 5 heteroatoms. The van der Waals surface area contributed by atoms with Crippen molar-refractivity contribution < 1.29 is 18.3 Å². The number of ether oxygens (including phenoxy) is 2. The minimum absolute atomic E-state index is 0.0503. The van der Waals surface area contributed by atoms with Crippen molar-refractivity contribution in [2.24, 2.45) is 0 Å². The predicted octanol–water partition coefficient (Wildman–Crippen LogP) is 3.66.